The fourth-order valence-corrected chi connectivity index (χ4v) is 2.43. The van der Waals surface area contributed by atoms with Crippen LogP contribution in [0, 0.1) is 0 Å². The van der Waals surface area contributed by atoms with Crippen LogP contribution in [0.3, 0.4) is 0 Å². The van der Waals surface area contributed by atoms with E-state index in [1.165, 1.54) is 0 Å². The summed E-state index contributed by atoms with van der Waals surface area (Å²) in [6.07, 6.45) is 0.949. The standard InChI is InChI=1S/C19H14O.C2H8N2/c20-14-19-17(15-8-3-1-4-9-15)12-7-13-18(19)16-10-5-2-6-11-16;1-2-4-3/h1-14H;4H,2-3H2,1H3. The van der Waals surface area contributed by atoms with Crippen LogP contribution in [0.25, 0.3) is 22.3 Å². The Morgan fingerprint density at radius 1 is 0.792 bits per heavy atom. The number of carbonyl (C=O) groups is 1. The lowest BCUT2D eigenvalue weighted by molar-refractivity contribution is 0.112. The van der Waals surface area contributed by atoms with Gasteiger partial charge in [-0.2, -0.15) is 0 Å². The minimum absolute atomic E-state index is 0.741. The van der Waals surface area contributed by atoms with Crippen molar-refractivity contribution in [1.82, 2.24) is 5.43 Å². The number of hydrazine groups is 1. The van der Waals surface area contributed by atoms with Gasteiger partial charge < -0.3 is 0 Å². The summed E-state index contributed by atoms with van der Waals surface area (Å²) in [5, 5.41) is 0. The largest absolute Gasteiger partial charge is 0.298 e. The summed E-state index contributed by atoms with van der Waals surface area (Å²) in [4.78, 5) is 11.6. The molecule has 0 aromatic heterocycles. The Bertz CT molecular complexity index is 696. The normalized spacial score (nSPS) is 9.75. The summed E-state index contributed by atoms with van der Waals surface area (Å²) in [6.45, 7) is 2.79. The van der Waals surface area contributed by atoms with E-state index in [1.807, 2.05) is 85.8 Å². The number of benzene rings is 3. The highest BCUT2D eigenvalue weighted by molar-refractivity contribution is 5.96. The summed E-state index contributed by atoms with van der Waals surface area (Å²) in [5.74, 6) is 4.78. The number of hydrogen-bond acceptors (Lipinski definition) is 3. The average Bonchev–Trinajstić information content (AvgIpc) is 2.69. The quantitative estimate of drug-likeness (QED) is 0.428. The van der Waals surface area contributed by atoms with Crippen molar-refractivity contribution < 1.29 is 4.79 Å². The first-order valence-electron chi connectivity index (χ1n) is 7.94. The highest BCUT2D eigenvalue weighted by atomic mass is 16.1. The number of nitrogens with two attached hydrogens (primary N) is 1. The smallest absolute Gasteiger partial charge is 0.151 e. The Morgan fingerprint density at radius 3 is 1.54 bits per heavy atom. The maximum atomic E-state index is 11.6. The van der Waals surface area contributed by atoms with Gasteiger partial charge in [0.25, 0.3) is 0 Å². The molecule has 0 heterocycles. The molecule has 0 spiro atoms. The summed E-state index contributed by atoms with van der Waals surface area (Å²) < 4.78 is 0. The van der Waals surface area contributed by atoms with Crippen LogP contribution in [0.5, 0.6) is 0 Å². The van der Waals surface area contributed by atoms with Gasteiger partial charge in [-0.05, 0) is 22.3 Å². The fourth-order valence-electron chi connectivity index (χ4n) is 2.43. The predicted octanol–water partition coefficient (Wildman–Crippen LogP) is 4.30. The van der Waals surface area contributed by atoms with Crippen LogP contribution in [-0.2, 0) is 0 Å². The summed E-state index contributed by atoms with van der Waals surface area (Å²) in [7, 11) is 0. The molecule has 0 bridgehead atoms. The SMILES string of the molecule is CCNN.O=Cc1c(-c2ccccc2)cccc1-c1ccccc1. The third-order valence-electron chi connectivity index (χ3n) is 3.60. The Kier molecular flexibility index (Phi) is 6.90. The molecule has 3 heteroatoms. The van der Waals surface area contributed by atoms with E-state index in [1.54, 1.807) is 0 Å². The Morgan fingerprint density at radius 2 is 1.21 bits per heavy atom. The van der Waals surface area contributed by atoms with Crippen LogP contribution in [0.4, 0.5) is 0 Å². The van der Waals surface area contributed by atoms with E-state index in [9.17, 15) is 4.79 Å². The van der Waals surface area contributed by atoms with Crippen molar-refractivity contribution in [3.63, 3.8) is 0 Å². The number of hydrogen-bond donors (Lipinski definition) is 2. The van der Waals surface area contributed by atoms with Crippen LogP contribution in [0.1, 0.15) is 17.3 Å². The number of nitrogens with one attached hydrogen (secondary N) is 1. The molecule has 0 saturated carbocycles. The van der Waals surface area contributed by atoms with Gasteiger partial charge in [0.2, 0.25) is 0 Å². The van der Waals surface area contributed by atoms with E-state index in [4.69, 9.17) is 5.84 Å². The first kappa shape index (κ1) is 17.6. The molecule has 0 saturated heterocycles. The zero-order valence-electron chi connectivity index (χ0n) is 13.8. The highest BCUT2D eigenvalue weighted by Gasteiger charge is 2.10. The van der Waals surface area contributed by atoms with Crippen LogP contribution < -0.4 is 11.3 Å². The second-order valence-corrected chi connectivity index (χ2v) is 5.17. The molecule has 0 aliphatic carbocycles. The lowest BCUT2D eigenvalue weighted by Crippen LogP contribution is -2.20. The molecule has 3 aromatic rings. The van der Waals surface area contributed by atoms with Gasteiger partial charge in [0.15, 0.2) is 6.29 Å². The molecule has 3 nitrogen and oxygen atoms in total. The highest BCUT2D eigenvalue weighted by Crippen LogP contribution is 2.30. The minimum Gasteiger partial charge on any atom is -0.298 e. The summed E-state index contributed by atoms with van der Waals surface area (Å²) in [6, 6.07) is 26.0. The molecule has 0 aliphatic rings. The van der Waals surface area contributed by atoms with Crippen LogP contribution in [0.15, 0.2) is 78.9 Å². The van der Waals surface area contributed by atoms with Gasteiger partial charge in [0.1, 0.15) is 0 Å². The van der Waals surface area contributed by atoms with Crippen LogP contribution >= 0.6 is 0 Å². The maximum absolute atomic E-state index is 11.6. The zero-order valence-corrected chi connectivity index (χ0v) is 13.8. The summed E-state index contributed by atoms with van der Waals surface area (Å²) in [5.41, 5.74) is 7.24. The van der Waals surface area contributed by atoms with Gasteiger partial charge in [0, 0.05) is 12.1 Å². The topological polar surface area (TPSA) is 55.1 Å². The predicted molar refractivity (Wildman–Crippen MR) is 101 cm³/mol. The number of rotatable bonds is 4. The molecular weight excluding hydrogens is 296 g/mol. The van der Waals surface area contributed by atoms with Gasteiger partial charge in [-0.1, -0.05) is 85.8 Å². The van der Waals surface area contributed by atoms with Crippen molar-refractivity contribution >= 4 is 6.29 Å². The lowest BCUT2D eigenvalue weighted by Gasteiger charge is -2.10. The zero-order chi connectivity index (χ0) is 17.2. The minimum atomic E-state index is 0.741. The van der Waals surface area contributed by atoms with E-state index in [2.05, 4.69) is 5.43 Å². The number of aldehydes is 1. The van der Waals surface area contributed by atoms with Gasteiger partial charge >= 0.3 is 0 Å². The molecule has 3 N–H and O–H groups in total. The Balaban J connectivity index is 0.000000471. The molecule has 0 unspecified atom stereocenters. The van der Waals surface area contributed by atoms with Crippen molar-refractivity contribution in [3.8, 4) is 22.3 Å². The van der Waals surface area contributed by atoms with E-state index in [-0.39, 0.29) is 0 Å². The first-order valence-corrected chi connectivity index (χ1v) is 7.94. The molecule has 24 heavy (non-hydrogen) atoms. The lowest BCUT2D eigenvalue weighted by atomic mass is 9.92. The molecule has 0 fully saturated rings. The van der Waals surface area contributed by atoms with Crippen molar-refractivity contribution in [3.05, 3.63) is 84.4 Å². The molecule has 0 radical (unpaired) electrons. The summed E-state index contributed by atoms with van der Waals surface area (Å²) >= 11 is 0. The van der Waals surface area contributed by atoms with Crippen LogP contribution in [-0.4, -0.2) is 12.8 Å². The first-order chi connectivity index (χ1) is 11.8. The Labute approximate surface area is 143 Å². The van der Waals surface area contributed by atoms with Crippen molar-refractivity contribution in [2.24, 2.45) is 5.84 Å². The third-order valence-corrected chi connectivity index (χ3v) is 3.60. The maximum Gasteiger partial charge on any atom is 0.151 e. The second-order valence-electron chi connectivity index (χ2n) is 5.17. The fraction of sp³-hybridized carbons (Fsp3) is 0.0952. The van der Waals surface area contributed by atoms with E-state index < -0.39 is 0 Å². The van der Waals surface area contributed by atoms with E-state index in [0.29, 0.717) is 0 Å². The molecule has 0 amide bonds. The average molecular weight is 318 g/mol. The third kappa shape index (κ3) is 4.38. The Hall–Kier alpha value is -2.75. The van der Waals surface area contributed by atoms with Crippen molar-refractivity contribution in [2.75, 3.05) is 6.54 Å². The van der Waals surface area contributed by atoms with E-state index in [0.717, 1.165) is 40.6 Å². The number of carbonyl (C=O) groups excluding carboxylic acids is 1. The van der Waals surface area contributed by atoms with E-state index >= 15 is 0 Å². The molecule has 3 rings (SSSR count). The monoisotopic (exact) mass is 318 g/mol. The molecule has 0 atom stereocenters. The van der Waals surface area contributed by atoms with Crippen molar-refractivity contribution in [1.29, 1.82) is 0 Å². The molecule has 3 aromatic carbocycles. The molecular formula is C21H22N2O. The van der Waals surface area contributed by atoms with Crippen LogP contribution in [0.2, 0.25) is 0 Å². The van der Waals surface area contributed by atoms with Gasteiger partial charge in [0.05, 0.1) is 0 Å². The molecule has 122 valence electrons. The molecule has 0 aliphatic heterocycles. The van der Waals surface area contributed by atoms with Gasteiger partial charge in [-0.25, -0.2) is 0 Å². The van der Waals surface area contributed by atoms with Crippen molar-refractivity contribution in [2.45, 2.75) is 6.92 Å². The van der Waals surface area contributed by atoms with Gasteiger partial charge in [-0.3, -0.25) is 16.1 Å². The van der Waals surface area contributed by atoms with Gasteiger partial charge in [-0.15, -0.1) is 0 Å². The second kappa shape index (κ2) is 9.40.